The first kappa shape index (κ1) is 20.3. The highest BCUT2D eigenvalue weighted by atomic mass is 32.1. The number of halogens is 1. The van der Waals surface area contributed by atoms with Crippen molar-refractivity contribution in [2.24, 2.45) is 0 Å². The molecule has 2 aromatic carbocycles. The molecule has 8 heteroatoms. The minimum atomic E-state index is -0.350. The molecule has 0 atom stereocenters. The number of rotatable bonds is 6. The van der Waals surface area contributed by atoms with Crippen molar-refractivity contribution in [3.8, 4) is 5.82 Å². The molecule has 0 unspecified atom stereocenters. The number of carbonyl (C=O) groups is 1. The van der Waals surface area contributed by atoms with E-state index in [-0.39, 0.29) is 18.3 Å². The van der Waals surface area contributed by atoms with Crippen molar-refractivity contribution in [3.05, 3.63) is 88.9 Å². The Bertz CT molecular complexity index is 1430. The lowest BCUT2D eigenvalue weighted by Gasteiger charge is -2.08. The van der Waals surface area contributed by atoms with Gasteiger partial charge < -0.3 is 10.1 Å². The molecule has 32 heavy (non-hydrogen) atoms. The van der Waals surface area contributed by atoms with Crippen LogP contribution in [0.15, 0.2) is 67.1 Å². The van der Waals surface area contributed by atoms with Gasteiger partial charge in [0.05, 0.1) is 22.5 Å². The van der Waals surface area contributed by atoms with E-state index in [1.54, 1.807) is 18.6 Å². The third kappa shape index (κ3) is 3.63. The molecule has 0 fully saturated rings. The quantitative estimate of drug-likeness (QED) is 0.405. The number of nitrogens with zero attached hydrogens (tertiary/aromatic N) is 3. The van der Waals surface area contributed by atoms with Crippen LogP contribution in [0.25, 0.3) is 26.9 Å². The molecule has 0 aliphatic heterocycles. The van der Waals surface area contributed by atoms with Crippen molar-refractivity contribution in [2.75, 3.05) is 7.11 Å². The summed E-state index contributed by atoms with van der Waals surface area (Å²) in [6.45, 7) is 0.471. The van der Waals surface area contributed by atoms with E-state index in [1.165, 1.54) is 24.5 Å². The molecular weight excluding hydrogens is 427 g/mol. The molecule has 5 rings (SSSR count). The number of ether oxygens (including phenoxy) is 1. The van der Waals surface area contributed by atoms with Crippen LogP contribution in [0.1, 0.15) is 20.8 Å². The van der Waals surface area contributed by atoms with Gasteiger partial charge in [-0.15, -0.1) is 11.3 Å². The fraction of sp³-hybridized carbons (Fsp3) is 0.125. The standard InChI is InChI=1S/C24H19FN4O2S/c1-31-13-16-22-17(25)5-4-8-20(22)32-23(16)24(30)27-12-15-9-10-21(26-11-15)29-14-28-18-6-2-3-7-19(18)29/h2-11,14H,12-13H2,1H3,(H,27,30). The Balaban J connectivity index is 1.34. The summed E-state index contributed by atoms with van der Waals surface area (Å²) in [4.78, 5) is 22.3. The minimum absolute atomic E-state index is 0.165. The lowest BCUT2D eigenvalue weighted by molar-refractivity contribution is 0.0950. The van der Waals surface area contributed by atoms with E-state index in [1.807, 2.05) is 47.0 Å². The van der Waals surface area contributed by atoms with E-state index >= 15 is 0 Å². The Kier molecular flexibility index (Phi) is 5.38. The van der Waals surface area contributed by atoms with Crippen LogP contribution in [0, 0.1) is 5.82 Å². The predicted octanol–water partition coefficient (Wildman–Crippen LogP) is 4.85. The van der Waals surface area contributed by atoms with Crippen LogP contribution in [-0.2, 0) is 17.9 Å². The summed E-state index contributed by atoms with van der Waals surface area (Å²) < 4.78 is 22.2. The van der Waals surface area contributed by atoms with Crippen molar-refractivity contribution in [2.45, 2.75) is 13.2 Å². The molecule has 3 aromatic heterocycles. The molecule has 0 saturated heterocycles. The second kappa shape index (κ2) is 8.49. The van der Waals surface area contributed by atoms with Gasteiger partial charge in [0, 0.05) is 35.5 Å². The second-order valence-corrected chi connectivity index (χ2v) is 8.32. The molecule has 0 saturated carbocycles. The summed E-state index contributed by atoms with van der Waals surface area (Å²) in [5.41, 5.74) is 3.30. The molecule has 0 radical (unpaired) electrons. The zero-order valence-electron chi connectivity index (χ0n) is 17.2. The summed E-state index contributed by atoms with van der Waals surface area (Å²) in [6.07, 6.45) is 3.47. The number of fused-ring (bicyclic) bond motifs is 2. The lowest BCUT2D eigenvalue weighted by atomic mass is 10.1. The molecule has 1 N–H and O–H groups in total. The first-order chi connectivity index (χ1) is 15.7. The number of aromatic nitrogens is 3. The maximum atomic E-state index is 14.4. The van der Waals surface area contributed by atoms with Crippen LogP contribution in [-0.4, -0.2) is 27.6 Å². The van der Waals surface area contributed by atoms with Crippen LogP contribution >= 0.6 is 11.3 Å². The van der Waals surface area contributed by atoms with E-state index in [0.717, 1.165) is 27.1 Å². The highest BCUT2D eigenvalue weighted by molar-refractivity contribution is 7.21. The Morgan fingerprint density at radius 1 is 1.12 bits per heavy atom. The van der Waals surface area contributed by atoms with Crippen molar-refractivity contribution < 1.29 is 13.9 Å². The fourth-order valence-corrected chi connectivity index (χ4v) is 4.84. The van der Waals surface area contributed by atoms with Gasteiger partial charge in [0.2, 0.25) is 0 Å². The number of nitrogens with one attached hydrogen (secondary N) is 1. The number of imidazole rings is 1. The molecule has 1 amide bonds. The molecule has 0 aliphatic carbocycles. The average Bonchev–Trinajstić information content (AvgIpc) is 3.41. The van der Waals surface area contributed by atoms with E-state index in [4.69, 9.17) is 4.74 Å². The molecule has 160 valence electrons. The van der Waals surface area contributed by atoms with E-state index in [9.17, 15) is 9.18 Å². The van der Waals surface area contributed by atoms with Crippen molar-refractivity contribution in [1.29, 1.82) is 0 Å². The van der Waals surface area contributed by atoms with E-state index < -0.39 is 0 Å². The van der Waals surface area contributed by atoms with Crippen molar-refractivity contribution in [1.82, 2.24) is 19.9 Å². The molecule has 6 nitrogen and oxygen atoms in total. The summed E-state index contributed by atoms with van der Waals surface area (Å²) >= 11 is 1.27. The molecule has 5 aromatic rings. The number of methoxy groups -OCH3 is 1. The minimum Gasteiger partial charge on any atom is -0.380 e. The second-order valence-electron chi connectivity index (χ2n) is 7.27. The number of amides is 1. The zero-order chi connectivity index (χ0) is 22.1. The number of hydrogen-bond donors (Lipinski definition) is 1. The van der Waals surface area contributed by atoms with Gasteiger partial charge >= 0.3 is 0 Å². The molecule has 0 spiro atoms. The third-order valence-corrected chi connectivity index (χ3v) is 6.42. The van der Waals surface area contributed by atoms with E-state index in [2.05, 4.69) is 15.3 Å². The molecule has 0 aliphatic rings. The van der Waals surface area contributed by atoms with Gasteiger partial charge in [0.15, 0.2) is 0 Å². The Morgan fingerprint density at radius 2 is 2.00 bits per heavy atom. The van der Waals surface area contributed by atoms with E-state index in [0.29, 0.717) is 22.4 Å². The summed E-state index contributed by atoms with van der Waals surface area (Å²) in [5.74, 6) is 0.134. The van der Waals surface area contributed by atoms with Crippen LogP contribution in [0.2, 0.25) is 0 Å². The topological polar surface area (TPSA) is 69.0 Å². The highest BCUT2D eigenvalue weighted by Crippen LogP contribution is 2.33. The van der Waals surface area contributed by atoms with Crippen LogP contribution < -0.4 is 5.32 Å². The average molecular weight is 447 g/mol. The predicted molar refractivity (Wildman–Crippen MR) is 123 cm³/mol. The number of thiophene rings is 1. The van der Waals surface area contributed by atoms with Crippen LogP contribution in [0.4, 0.5) is 4.39 Å². The van der Waals surface area contributed by atoms with Crippen molar-refractivity contribution in [3.63, 3.8) is 0 Å². The maximum absolute atomic E-state index is 14.4. The van der Waals surface area contributed by atoms with Crippen LogP contribution in [0.5, 0.6) is 0 Å². The number of benzene rings is 2. The maximum Gasteiger partial charge on any atom is 0.262 e. The Hall–Kier alpha value is -3.62. The SMILES string of the molecule is COCc1c(C(=O)NCc2ccc(-n3cnc4ccccc43)nc2)sc2cccc(F)c12. The van der Waals surface area contributed by atoms with Gasteiger partial charge in [-0.25, -0.2) is 14.4 Å². The Morgan fingerprint density at radius 3 is 2.81 bits per heavy atom. The first-order valence-electron chi connectivity index (χ1n) is 10.00. The Labute approximate surface area is 187 Å². The summed E-state index contributed by atoms with van der Waals surface area (Å²) in [6, 6.07) is 16.5. The zero-order valence-corrected chi connectivity index (χ0v) is 18.0. The number of pyridine rings is 1. The first-order valence-corrected chi connectivity index (χ1v) is 10.8. The summed E-state index contributed by atoms with van der Waals surface area (Å²) in [5, 5.41) is 3.36. The molecule has 3 heterocycles. The number of hydrogen-bond acceptors (Lipinski definition) is 5. The van der Waals surface area contributed by atoms with Gasteiger partial charge in [-0.2, -0.15) is 0 Å². The van der Waals surface area contributed by atoms with Gasteiger partial charge in [0.25, 0.3) is 5.91 Å². The molecule has 0 bridgehead atoms. The van der Waals surface area contributed by atoms with Gasteiger partial charge in [-0.3, -0.25) is 9.36 Å². The fourth-order valence-electron chi connectivity index (χ4n) is 3.70. The number of para-hydroxylation sites is 2. The normalized spacial score (nSPS) is 11.3. The highest BCUT2D eigenvalue weighted by Gasteiger charge is 2.20. The number of carbonyl (C=O) groups excluding carboxylic acids is 1. The summed E-state index contributed by atoms with van der Waals surface area (Å²) in [7, 11) is 1.53. The molecular formula is C24H19FN4O2S. The lowest BCUT2D eigenvalue weighted by Crippen LogP contribution is -2.23. The van der Waals surface area contributed by atoms with Gasteiger partial charge in [-0.05, 0) is 35.9 Å². The van der Waals surface area contributed by atoms with Crippen LogP contribution in [0.3, 0.4) is 0 Å². The van der Waals surface area contributed by atoms with Crippen molar-refractivity contribution >= 4 is 38.4 Å². The monoisotopic (exact) mass is 446 g/mol. The largest absolute Gasteiger partial charge is 0.380 e. The third-order valence-electron chi connectivity index (χ3n) is 5.22. The smallest absolute Gasteiger partial charge is 0.262 e. The van der Waals surface area contributed by atoms with Gasteiger partial charge in [0.1, 0.15) is 18.0 Å². The van der Waals surface area contributed by atoms with Gasteiger partial charge in [-0.1, -0.05) is 24.3 Å².